The summed E-state index contributed by atoms with van der Waals surface area (Å²) in [6.45, 7) is 3.62. The second-order valence-corrected chi connectivity index (χ2v) is 6.59. The molecule has 0 spiro atoms. The smallest absolute Gasteiger partial charge is 0.275 e. The van der Waals surface area contributed by atoms with Crippen LogP contribution in [-0.4, -0.2) is 45.4 Å². The number of aryl methyl sites for hydroxylation is 2. The molecule has 2 aromatic carbocycles. The number of carbonyl (C=O) groups excluding carboxylic acids is 2. The van der Waals surface area contributed by atoms with Gasteiger partial charge in [-0.2, -0.15) is 5.10 Å². The van der Waals surface area contributed by atoms with E-state index in [4.69, 9.17) is 0 Å². The van der Waals surface area contributed by atoms with Gasteiger partial charge in [0, 0.05) is 30.3 Å². The van der Waals surface area contributed by atoms with Gasteiger partial charge in [-0.3, -0.25) is 24.8 Å². The van der Waals surface area contributed by atoms with Crippen LogP contribution < -0.4 is 5.32 Å². The fourth-order valence-electron chi connectivity index (χ4n) is 2.81. The van der Waals surface area contributed by atoms with Gasteiger partial charge in [0.2, 0.25) is 5.91 Å². The fraction of sp³-hybridized carbons (Fsp3) is 0.211. The van der Waals surface area contributed by atoms with Crippen molar-refractivity contribution < 1.29 is 14.5 Å². The van der Waals surface area contributed by atoms with Crippen molar-refractivity contribution in [3.05, 3.63) is 63.3 Å². The summed E-state index contributed by atoms with van der Waals surface area (Å²) in [5.41, 5.74) is 3.00. The zero-order valence-electron chi connectivity index (χ0n) is 15.6. The highest BCUT2D eigenvalue weighted by Gasteiger charge is 2.22. The van der Waals surface area contributed by atoms with Crippen LogP contribution in [0.25, 0.3) is 10.9 Å². The Kier molecular flexibility index (Phi) is 5.08. The Morgan fingerprint density at radius 3 is 2.68 bits per heavy atom. The molecule has 28 heavy (non-hydrogen) atoms. The van der Waals surface area contributed by atoms with Crippen LogP contribution in [0.3, 0.4) is 0 Å². The van der Waals surface area contributed by atoms with Crippen LogP contribution >= 0.6 is 0 Å². The number of benzene rings is 2. The number of nitro benzene ring substituents is 1. The number of nitrogens with zero attached hydrogens (tertiary/aromatic N) is 3. The van der Waals surface area contributed by atoms with Gasteiger partial charge < -0.3 is 10.2 Å². The molecule has 9 nitrogen and oxygen atoms in total. The van der Waals surface area contributed by atoms with E-state index in [1.807, 2.05) is 32.0 Å². The lowest BCUT2D eigenvalue weighted by molar-refractivity contribution is -0.384. The maximum absolute atomic E-state index is 12.7. The van der Waals surface area contributed by atoms with E-state index < -0.39 is 10.8 Å². The van der Waals surface area contributed by atoms with Crippen LogP contribution in [0, 0.1) is 24.0 Å². The van der Waals surface area contributed by atoms with Crippen LogP contribution in [0.15, 0.2) is 36.4 Å². The van der Waals surface area contributed by atoms with Gasteiger partial charge >= 0.3 is 0 Å². The van der Waals surface area contributed by atoms with Crippen LogP contribution in [0.5, 0.6) is 0 Å². The number of fused-ring (bicyclic) bond motifs is 1. The van der Waals surface area contributed by atoms with E-state index >= 15 is 0 Å². The molecule has 0 atom stereocenters. The fourth-order valence-corrected chi connectivity index (χ4v) is 2.81. The third-order valence-electron chi connectivity index (χ3n) is 4.35. The summed E-state index contributed by atoms with van der Waals surface area (Å²) in [4.78, 5) is 36.7. The third kappa shape index (κ3) is 3.83. The molecule has 2 N–H and O–H groups in total. The summed E-state index contributed by atoms with van der Waals surface area (Å²) in [7, 11) is 1.48. The second-order valence-electron chi connectivity index (χ2n) is 6.59. The van der Waals surface area contributed by atoms with Crippen molar-refractivity contribution in [1.82, 2.24) is 15.1 Å². The highest BCUT2D eigenvalue weighted by atomic mass is 16.6. The maximum Gasteiger partial charge on any atom is 0.275 e. The number of likely N-dealkylation sites (N-methyl/N-ethyl adjacent to an activating group) is 1. The molecule has 0 fully saturated rings. The molecule has 0 saturated carbocycles. The predicted molar refractivity (Wildman–Crippen MR) is 104 cm³/mol. The Balaban J connectivity index is 1.76. The minimum Gasteiger partial charge on any atom is -0.331 e. The number of nitrogens with one attached hydrogen (secondary N) is 2. The van der Waals surface area contributed by atoms with Crippen molar-refractivity contribution >= 4 is 34.1 Å². The number of hydrogen-bond acceptors (Lipinski definition) is 5. The third-order valence-corrected chi connectivity index (χ3v) is 4.35. The summed E-state index contributed by atoms with van der Waals surface area (Å²) in [6, 6.07) is 9.82. The largest absolute Gasteiger partial charge is 0.331 e. The standard InChI is InChI=1S/C19H19N5O4/c1-11-4-5-12(2)16(8-11)20-17(25)10-23(3)19(26)18-14-9-13(24(27)28)6-7-15(14)21-22-18/h4-9H,10H2,1-3H3,(H,20,25)(H,21,22). The number of aromatic amines is 1. The van der Waals surface area contributed by atoms with Gasteiger partial charge in [0.05, 0.1) is 17.0 Å². The number of amides is 2. The Bertz CT molecular complexity index is 1090. The molecular weight excluding hydrogens is 362 g/mol. The number of hydrogen-bond donors (Lipinski definition) is 2. The van der Waals surface area contributed by atoms with Crippen molar-refractivity contribution in [2.24, 2.45) is 0 Å². The van der Waals surface area contributed by atoms with Gasteiger partial charge in [0.1, 0.15) is 0 Å². The van der Waals surface area contributed by atoms with Crippen molar-refractivity contribution in [2.75, 3.05) is 18.9 Å². The highest BCUT2D eigenvalue weighted by molar-refractivity contribution is 6.06. The van der Waals surface area contributed by atoms with Gasteiger partial charge in [-0.25, -0.2) is 0 Å². The Labute approximate surface area is 160 Å². The molecule has 0 saturated heterocycles. The minimum absolute atomic E-state index is 0.0285. The molecule has 9 heteroatoms. The average molecular weight is 381 g/mol. The number of carbonyl (C=O) groups is 2. The molecule has 144 valence electrons. The van der Waals surface area contributed by atoms with Crippen molar-refractivity contribution in [2.45, 2.75) is 13.8 Å². The molecule has 1 heterocycles. The van der Waals surface area contributed by atoms with E-state index in [0.717, 1.165) is 11.1 Å². The van der Waals surface area contributed by atoms with Crippen molar-refractivity contribution in [3.8, 4) is 0 Å². The number of non-ortho nitro benzene ring substituents is 1. The van der Waals surface area contributed by atoms with Crippen LogP contribution in [0.2, 0.25) is 0 Å². The molecule has 0 aliphatic heterocycles. The molecule has 1 aromatic heterocycles. The Morgan fingerprint density at radius 2 is 1.96 bits per heavy atom. The van der Waals surface area contributed by atoms with Crippen LogP contribution in [0.4, 0.5) is 11.4 Å². The van der Waals surface area contributed by atoms with Gasteiger partial charge in [-0.1, -0.05) is 12.1 Å². The maximum atomic E-state index is 12.7. The van der Waals surface area contributed by atoms with Crippen LogP contribution in [0.1, 0.15) is 21.6 Å². The van der Waals surface area contributed by atoms with E-state index in [0.29, 0.717) is 16.6 Å². The number of anilines is 1. The first kappa shape index (κ1) is 19.0. The van der Waals surface area contributed by atoms with Gasteiger partial charge in [0.15, 0.2) is 5.69 Å². The summed E-state index contributed by atoms with van der Waals surface area (Å²) in [6.07, 6.45) is 0. The highest BCUT2D eigenvalue weighted by Crippen LogP contribution is 2.23. The Morgan fingerprint density at radius 1 is 1.21 bits per heavy atom. The van der Waals surface area contributed by atoms with Gasteiger partial charge in [-0.15, -0.1) is 0 Å². The van der Waals surface area contributed by atoms with E-state index in [9.17, 15) is 19.7 Å². The molecular formula is C19H19N5O4. The first-order valence-electron chi connectivity index (χ1n) is 8.51. The quantitative estimate of drug-likeness (QED) is 0.520. The molecule has 0 bridgehead atoms. The summed E-state index contributed by atoms with van der Waals surface area (Å²) >= 11 is 0. The molecule has 0 unspecified atom stereocenters. The lowest BCUT2D eigenvalue weighted by Gasteiger charge is -2.16. The monoisotopic (exact) mass is 381 g/mol. The van der Waals surface area contributed by atoms with E-state index in [1.165, 1.54) is 30.1 Å². The predicted octanol–water partition coefficient (Wildman–Crippen LogP) is 2.80. The molecule has 0 aliphatic carbocycles. The minimum atomic E-state index is -0.540. The molecule has 2 amide bonds. The normalized spacial score (nSPS) is 10.7. The summed E-state index contributed by atoms with van der Waals surface area (Å²) < 4.78 is 0. The number of aromatic nitrogens is 2. The molecule has 3 aromatic rings. The van der Waals surface area contributed by atoms with Gasteiger partial charge in [-0.05, 0) is 37.1 Å². The lowest BCUT2D eigenvalue weighted by atomic mass is 10.1. The number of rotatable bonds is 5. The van der Waals surface area contributed by atoms with E-state index in [-0.39, 0.29) is 23.8 Å². The summed E-state index contributed by atoms with van der Waals surface area (Å²) in [5.74, 6) is -0.863. The number of nitro groups is 1. The van der Waals surface area contributed by atoms with E-state index in [2.05, 4.69) is 15.5 Å². The molecule has 0 aliphatic rings. The topological polar surface area (TPSA) is 121 Å². The first-order chi connectivity index (χ1) is 13.3. The second kappa shape index (κ2) is 7.47. The van der Waals surface area contributed by atoms with E-state index in [1.54, 1.807) is 0 Å². The zero-order chi connectivity index (χ0) is 20.4. The van der Waals surface area contributed by atoms with Gasteiger partial charge in [0.25, 0.3) is 11.6 Å². The Hall–Kier alpha value is -3.75. The number of H-pyrrole nitrogens is 1. The zero-order valence-corrected chi connectivity index (χ0v) is 15.6. The van der Waals surface area contributed by atoms with Crippen LogP contribution in [-0.2, 0) is 4.79 Å². The first-order valence-corrected chi connectivity index (χ1v) is 8.51. The lowest BCUT2D eigenvalue weighted by Crippen LogP contribution is -2.35. The van der Waals surface area contributed by atoms with Crippen molar-refractivity contribution in [1.29, 1.82) is 0 Å². The average Bonchev–Trinajstić information content (AvgIpc) is 3.07. The summed E-state index contributed by atoms with van der Waals surface area (Å²) in [5, 5.41) is 20.7. The molecule has 0 radical (unpaired) electrons. The molecule has 3 rings (SSSR count). The SMILES string of the molecule is Cc1ccc(C)c(NC(=O)CN(C)C(=O)c2n[nH]c3ccc([N+](=O)[O-])cc23)c1. The van der Waals surface area contributed by atoms with Crippen molar-refractivity contribution in [3.63, 3.8) is 0 Å².